The standard InChI is InChI=1S/C37H33N4O.Pt/c1-24-17-34-35(18-25(24)2)40(23-39(34)6)27-19-26(37(3,4)5)20-29(21-27)42-28-14-15-31-30-11-7-8-12-32(30)41(33(31)22-28)36-13-9-10-16-38-36;/h7-20,23H,1-6H3;/q-3;. The minimum Gasteiger partial charge on any atom is -0.509 e. The maximum atomic E-state index is 6.57. The van der Waals surface area contributed by atoms with Crippen LogP contribution >= 0.6 is 0 Å². The van der Waals surface area contributed by atoms with E-state index in [2.05, 4.69) is 134 Å². The fraction of sp³-hybridized carbons (Fsp3) is 0.189. The van der Waals surface area contributed by atoms with Crippen LogP contribution in [0, 0.1) is 32.6 Å². The second-order valence-electron chi connectivity index (χ2n) is 12.1. The number of ether oxygens (including phenoxy) is 1. The molecule has 0 spiro atoms. The molecule has 2 aromatic heterocycles. The fourth-order valence-electron chi connectivity index (χ4n) is 5.67. The Morgan fingerprint density at radius 1 is 0.791 bits per heavy atom. The van der Waals surface area contributed by atoms with Crippen molar-refractivity contribution in [3.63, 3.8) is 0 Å². The smallest absolute Gasteiger partial charge is 0.135 e. The first-order valence-electron chi connectivity index (χ1n) is 14.3. The zero-order valence-corrected chi connectivity index (χ0v) is 27.4. The van der Waals surface area contributed by atoms with Crippen LogP contribution in [-0.2, 0) is 26.5 Å². The molecule has 6 aromatic rings. The van der Waals surface area contributed by atoms with Gasteiger partial charge in [-0.15, -0.1) is 47.0 Å². The van der Waals surface area contributed by atoms with E-state index in [-0.39, 0.29) is 26.5 Å². The Morgan fingerprint density at radius 3 is 2.28 bits per heavy atom. The number of aryl methyl sites for hydroxylation is 2. The maximum Gasteiger partial charge on any atom is 0.135 e. The van der Waals surface area contributed by atoms with Gasteiger partial charge < -0.3 is 19.1 Å². The monoisotopic (exact) mass is 744 g/mol. The molecular formula is C37H33N4OPt-3. The predicted octanol–water partition coefficient (Wildman–Crippen LogP) is 9.19. The van der Waals surface area contributed by atoms with Crippen molar-refractivity contribution in [2.24, 2.45) is 0 Å². The molecule has 0 radical (unpaired) electrons. The number of hydrogen-bond acceptors (Lipinski definition) is 4. The SMILES string of the molecule is Cc1cc2c(cc1C)N(c1[c-]c(Oc3[c-]c4c(cc3)c3ccccc3n4-c3ccccn3)cc(C(C)(C)C)c1)[CH-]N2C.[Pt]. The molecule has 0 saturated carbocycles. The summed E-state index contributed by atoms with van der Waals surface area (Å²) in [5.41, 5.74) is 8.89. The van der Waals surface area contributed by atoms with Crippen LogP contribution in [0.1, 0.15) is 37.5 Å². The van der Waals surface area contributed by atoms with Gasteiger partial charge in [0.05, 0.1) is 0 Å². The molecule has 4 aromatic carbocycles. The predicted molar refractivity (Wildman–Crippen MR) is 172 cm³/mol. The van der Waals surface area contributed by atoms with Crippen LogP contribution in [0.5, 0.6) is 11.5 Å². The van der Waals surface area contributed by atoms with Crippen molar-refractivity contribution in [3.8, 4) is 17.3 Å². The van der Waals surface area contributed by atoms with Crippen molar-refractivity contribution >= 4 is 38.9 Å². The first kappa shape index (κ1) is 29.0. The van der Waals surface area contributed by atoms with Crippen molar-refractivity contribution in [2.45, 2.75) is 40.0 Å². The summed E-state index contributed by atoms with van der Waals surface area (Å²) in [6, 6.07) is 34.4. The Morgan fingerprint density at radius 2 is 1.53 bits per heavy atom. The third-order valence-electron chi connectivity index (χ3n) is 8.13. The average molecular weight is 745 g/mol. The summed E-state index contributed by atoms with van der Waals surface area (Å²) in [5, 5.41) is 2.26. The van der Waals surface area contributed by atoms with Gasteiger partial charge in [0, 0.05) is 55.7 Å². The van der Waals surface area contributed by atoms with Gasteiger partial charge in [-0.2, -0.15) is 12.7 Å². The minimum absolute atomic E-state index is 0. The molecule has 3 heterocycles. The number of nitrogens with zero attached hydrogens (tertiary/aromatic N) is 4. The molecule has 7 rings (SSSR count). The van der Waals surface area contributed by atoms with Crippen LogP contribution in [0.3, 0.4) is 0 Å². The number of para-hydroxylation sites is 1. The molecule has 0 aliphatic carbocycles. The van der Waals surface area contributed by atoms with Crippen LogP contribution in [-0.4, -0.2) is 16.6 Å². The minimum atomic E-state index is -0.0846. The molecule has 0 bridgehead atoms. The molecule has 220 valence electrons. The van der Waals surface area contributed by atoms with Gasteiger partial charge in [-0.3, -0.25) is 0 Å². The second kappa shape index (κ2) is 10.9. The van der Waals surface area contributed by atoms with E-state index in [9.17, 15) is 0 Å². The first-order chi connectivity index (χ1) is 20.2. The first-order valence-corrected chi connectivity index (χ1v) is 14.3. The van der Waals surface area contributed by atoms with E-state index in [1.54, 1.807) is 0 Å². The van der Waals surface area contributed by atoms with Gasteiger partial charge in [0.1, 0.15) is 5.82 Å². The van der Waals surface area contributed by atoms with E-state index < -0.39 is 0 Å². The number of hydrogen-bond donors (Lipinski definition) is 0. The van der Waals surface area contributed by atoms with Crippen LogP contribution in [0.4, 0.5) is 17.1 Å². The molecule has 6 heteroatoms. The summed E-state index contributed by atoms with van der Waals surface area (Å²) in [5.74, 6) is 2.13. The van der Waals surface area contributed by atoms with E-state index in [1.165, 1.54) is 22.4 Å². The van der Waals surface area contributed by atoms with Crippen molar-refractivity contribution in [1.29, 1.82) is 0 Å². The Kier molecular flexibility index (Phi) is 7.34. The van der Waals surface area contributed by atoms with E-state index in [4.69, 9.17) is 4.74 Å². The number of rotatable bonds is 4. The van der Waals surface area contributed by atoms with E-state index >= 15 is 0 Å². The van der Waals surface area contributed by atoms with Crippen molar-refractivity contribution in [2.75, 3.05) is 16.8 Å². The van der Waals surface area contributed by atoms with Gasteiger partial charge >= 0.3 is 0 Å². The molecule has 1 aliphatic heterocycles. The summed E-state index contributed by atoms with van der Waals surface area (Å²) in [4.78, 5) is 9.02. The van der Waals surface area contributed by atoms with Crippen LogP contribution in [0.15, 0.2) is 85.1 Å². The second-order valence-corrected chi connectivity index (χ2v) is 12.1. The number of pyridine rings is 1. The van der Waals surface area contributed by atoms with Gasteiger partial charge in [-0.1, -0.05) is 50.6 Å². The zero-order chi connectivity index (χ0) is 29.2. The molecular weight excluding hydrogens is 712 g/mol. The van der Waals surface area contributed by atoms with Crippen LogP contribution in [0.2, 0.25) is 0 Å². The molecule has 0 atom stereocenters. The molecule has 0 saturated heterocycles. The van der Waals surface area contributed by atoms with Gasteiger partial charge in [0.15, 0.2) is 0 Å². The molecule has 0 unspecified atom stereocenters. The molecule has 5 nitrogen and oxygen atoms in total. The van der Waals surface area contributed by atoms with Gasteiger partial charge in [-0.05, 0) is 73.2 Å². The summed E-state index contributed by atoms with van der Waals surface area (Å²) in [6.07, 6.45) is 1.82. The van der Waals surface area contributed by atoms with Crippen LogP contribution < -0.4 is 14.5 Å². The van der Waals surface area contributed by atoms with E-state index in [1.807, 2.05) is 30.5 Å². The third kappa shape index (κ3) is 5.10. The normalized spacial score (nSPS) is 13.0. The summed E-state index contributed by atoms with van der Waals surface area (Å²) < 4.78 is 8.72. The third-order valence-corrected chi connectivity index (χ3v) is 8.13. The fourth-order valence-corrected chi connectivity index (χ4v) is 5.67. The van der Waals surface area contributed by atoms with Gasteiger partial charge in [-0.25, -0.2) is 4.98 Å². The van der Waals surface area contributed by atoms with E-state index in [0.29, 0.717) is 11.5 Å². The maximum absolute atomic E-state index is 6.57. The Hall–Kier alpha value is -4.08. The molecule has 0 amide bonds. The molecule has 43 heavy (non-hydrogen) atoms. The average Bonchev–Trinajstić information content (AvgIpc) is 3.47. The number of benzene rings is 4. The van der Waals surface area contributed by atoms with E-state index in [0.717, 1.165) is 39.0 Å². The largest absolute Gasteiger partial charge is 0.509 e. The summed E-state index contributed by atoms with van der Waals surface area (Å²) in [7, 11) is 2.09. The van der Waals surface area contributed by atoms with Gasteiger partial charge in [0.2, 0.25) is 0 Å². The van der Waals surface area contributed by atoms with Gasteiger partial charge in [0.25, 0.3) is 0 Å². The topological polar surface area (TPSA) is 33.5 Å². The summed E-state index contributed by atoms with van der Waals surface area (Å²) in [6.45, 7) is 13.1. The summed E-state index contributed by atoms with van der Waals surface area (Å²) >= 11 is 0. The number of fused-ring (bicyclic) bond motifs is 4. The molecule has 1 aliphatic rings. The zero-order valence-electron chi connectivity index (χ0n) is 25.2. The number of aromatic nitrogens is 2. The quantitative estimate of drug-likeness (QED) is 0.169. The molecule has 0 fully saturated rings. The Bertz CT molecular complexity index is 1970. The van der Waals surface area contributed by atoms with Crippen LogP contribution in [0.25, 0.3) is 27.6 Å². The number of anilines is 3. The van der Waals surface area contributed by atoms with Crippen molar-refractivity contribution in [1.82, 2.24) is 9.55 Å². The Balaban J connectivity index is 0.00000329. The Labute approximate surface area is 268 Å². The van der Waals surface area contributed by atoms with Crippen molar-refractivity contribution < 1.29 is 25.8 Å². The van der Waals surface area contributed by atoms with Crippen molar-refractivity contribution in [3.05, 3.63) is 121 Å². The molecule has 0 N–H and O–H groups in total.